The number of rotatable bonds is 6. The van der Waals surface area contributed by atoms with Crippen molar-refractivity contribution in [2.75, 3.05) is 26.7 Å². The second-order valence-corrected chi connectivity index (χ2v) is 10.6. The zero-order valence-electron chi connectivity index (χ0n) is 24.8. The Labute approximate surface area is 250 Å². The van der Waals surface area contributed by atoms with Gasteiger partial charge in [-0.25, -0.2) is 0 Å². The molecule has 0 radical (unpaired) electrons. The first-order valence-corrected chi connectivity index (χ1v) is 14.1. The minimum atomic E-state index is -1.22. The smallest absolute Gasteiger partial charge is 0.255 e. The Kier molecular flexibility index (Phi) is 10.0. The van der Waals surface area contributed by atoms with Gasteiger partial charge in [0.1, 0.15) is 30.2 Å². The lowest BCUT2D eigenvalue weighted by Crippen LogP contribution is -2.53. The predicted octanol–water partition coefficient (Wildman–Crippen LogP) is 1.17. The highest BCUT2D eigenvalue weighted by Crippen LogP contribution is 2.19. The largest absolute Gasteiger partial charge is 0.508 e. The van der Waals surface area contributed by atoms with Gasteiger partial charge in [-0.3, -0.25) is 23.9 Å². The maximum atomic E-state index is 13.4. The molecule has 43 heavy (non-hydrogen) atoms. The van der Waals surface area contributed by atoms with E-state index in [-0.39, 0.29) is 43.3 Å². The third-order valence-electron chi connectivity index (χ3n) is 7.55. The number of aromatic hydroxyl groups is 1. The quantitative estimate of drug-likeness (QED) is 0.336. The first-order chi connectivity index (χ1) is 20.5. The summed E-state index contributed by atoms with van der Waals surface area (Å²) in [6.07, 6.45) is 0.289. The fourth-order valence-electron chi connectivity index (χ4n) is 5.01. The molecule has 12 nitrogen and oxygen atoms in total. The van der Waals surface area contributed by atoms with Crippen molar-refractivity contribution in [1.29, 1.82) is 0 Å². The molecule has 0 aliphatic carbocycles. The molecule has 0 bridgehead atoms. The van der Waals surface area contributed by atoms with Crippen LogP contribution in [0.2, 0.25) is 0 Å². The molecule has 2 atom stereocenters. The van der Waals surface area contributed by atoms with Crippen LogP contribution in [0.15, 0.2) is 48.5 Å². The maximum Gasteiger partial charge on any atom is 0.255 e. The number of phenols is 1. The van der Waals surface area contributed by atoms with Crippen LogP contribution >= 0.6 is 0 Å². The predicted molar refractivity (Wildman–Crippen MR) is 159 cm³/mol. The number of fused-ring (bicyclic) bond motifs is 1. The molecule has 3 aromatic rings. The standard InChI is InChI=1S/C31H38N6O6/c1-19-23(20(2)37(4)35-19)13-14-32-30(41)25-18-28(39)33-26(17-21-9-11-22(38)12-10-21)31(42)36(3)15-16-43-27-8-6-5-7-24(27)29(40)34-25/h5-12,25-26,38H,13-18H2,1-4H3,(H,32,41)(H,33,39)(H,34,40)/t25-,26-/m0/s1. The van der Waals surface area contributed by atoms with E-state index in [2.05, 4.69) is 21.0 Å². The number of aromatic nitrogens is 2. The minimum Gasteiger partial charge on any atom is -0.508 e. The zero-order valence-corrected chi connectivity index (χ0v) is 24.8. The van der Waals surface area contributed by atoms with Gasteiger partial charge in [0.05, 0.1) is 24.2 Å². The lowest BCUT2D eigenvalue weighted by Gasteiger charge is -2.27. The van der Waals surface area contributed by atoms with E-state index in [9.17, 15) is 24.3 Å². The Bertz CT molecular complexity index is 1480. The van der Waals surface area contributed by atoms with Crippen molar-refractivity contribution in [2.45, 2.75) is 45.2 Å². The second-order valence-electron chi connectivity index (χ2n) is 10.6. The maximum absolute atomic E-state index is 13.4. The molecule has 0 spiro atoms. The Morgan fingerprint density at radius 2 is 1.79 bits per heavy atom. The number of carbonyl (C=O) groups is 4. The lowest BCUT2D eigenvalue weighted by atomic mass is 10.0. The highest BCUT2D eigenvalue weighted by Gasteiger charge is 2.30. The molecule has 1 aromatic heterocycles. The summed E-state index contributed by atoms with van der Waals surface area (Å²) in [6.45, 7) is 4.43. The third kappa shape index (κ3) is 7.91. The van der Waals surface area contributed by atoms with Gasteiger partial charge in [0.2, 0.25) is 17.7 Å². The molecule has 2 aromatic carbocycles. The minimum absolute atomic E-state index is 0.0816. The number of hydrogen-bond acceptors (Lipinski definition) is 7. The molecule has 1 aliphatic rings. The van der Waals surface area contributed by atoms with E-state index >= 15 is 0 Å². The van der Waals surface area contributed by atoms with Crippen LogP contribution in [0.1, 0.15) is 39.3 Å². The van der Waals surface area contributed by atoms with Crippen LogP contribution in [0.25, 0.3) is 0 Å². The summed E-state index contributed by atoms with van der Waals surface area (Å²) in [5.74, 6) is -1.65. The summed E-state index contributed by atoms with van der Waals surface area (Å²) in [5.41, 5.74) is 3.80. The van der Waals surface area contributed by atoms with Gasteiger partial charge in [0.25, 0.3) is 5.91 Å². The molecule has 1 aliphatic heterocycles. The Balaban J connectivity index is 1.57. The van der Waals surface area contributed by atoms with E-state index in [1.165, 1.54) is 17.0 Å². The normalized spacial score (nSPS) is 18.1. The van der Waals surface area contributed by atoms with E-state index in [0.717, 1.165) is 22.5 Å². The van der Waals surface area contributed by atoms with E-state index < -0.39 is 36.2 Å². The molecule has 2 heterocycles. The molecule has 0 saturated heterocycles. The number of amides is 4. The van der Waals surface area contributed by atoms with Crippen molar-refractivity contribution in [1.82, 2.24) is 30.6 Å². The number of phenolic OH excluding ortho intramolecular Hbond substituents is 1. The van der Waals surface area contributed by atoms with E-state index in [1.807, 2.05) is 20.9 Å². The van der Waals surface area contributed by atoms with Crippen molar-refractivity contribution in [3.8, 4) is 11.5 Å². The molecule has 12 heteroatoms. The van der Waals surface area contributed by atoms with Crippen LogP contribution in [0, 0.1) is 13.8 Å². The van der Waals surface area contributed by atoms with Crippen LogP contribution < -0.4 is 20.7 Å². The number of nitrogens with one attached hydrogen (secondary N) is 3. The highest BCUT2D eigenvalue weighted by atomic mass is 16.5. The Morgan fingerprint density at radius 3 is 2.49 bits per heavy atom. The van der Waals surface area contributed by atoms with Crippen molar-refractivity contribution in [3.63, 3.8) is 0 Å². The molecule has 0 fully saturated rings. The van der Waals surface area contributed by atoms with Gasteiger partial charge in [-0.2, -0.15) is 5.10 Å². The molecular formula is C31H38N6O6. The average Bonchev–Trinajstić information content (AvgIpc) is 3.22. The van der Waals surface area contributed by atoms with Crippen LogP contribution in [0.3, 0.4) is 0 Å². The number of para-hydroxylation sites is 1. The molecule has 4 amide bonds. The van der Waals surface area contributed by atoms with Crippen molar-refractivity contribution in [2.24, 2.45) is 7.05 Å². The number of carbonyl (C=O) groups excluding carboxylic acids is 4. The van der Waals surface area contributed by atoms with Crippen LogP contribution in [0.4, 0.5) is 0 Å². The van der Waals surface area contributed by atoms with Crippen molar-refractivity contribution in [3.05, 3.63) is 76.6 Å². The first-order valence-electron chi connectivity index (χ1n) is 14.1. The summed E-state index contributed by atoms with van der Waals surface area (Å²) >= 11 is 0. The van der Waals surface area contributed by atoms with Gasteiger partial charge < -0.3 is 30.7 Å². The number of likely N-dealkylation sites (N-methyl/N-ethyl adjacent to an activating group) is 1. The number of aryl methyl sites for hydroxylation is 2. The van der Waals surface area contributed by atoms with Crippen LogP contribution in [-0.2, 0) is 34.3 Å². The summed E-state index contributed by atoms with van der Waals surface area (Å²) in [4.78, 5) is 54.9. The summed E-state index contributed by atoms with van der Waals surface area (Å²) in [5, 5.41) is 22.3. The Morgan fingerprint density at radius 1 is 1.07 bits per heavy atom. The summed E-state index contributed by atoms with van der Waals surface area (Å²) < 4.78 is 7.64. The number of nitrogens with zero attached hydrogens (tertiary/aromatic N) is 3. The SMILES string of the molecule is Cc1nn(C)c(C)c1CCNC(=O)[C@@H]1CC(=O)N[C@@H](Cc2ccc(O)cc2)C(=O)N(C)CCOc2ccccc2C(=O)N1. The lowest BCUT2D eigenvalue weighted by molar-refractivity contribution is -0.136. The molecule has 0 saturated carbocycles. The highest BCUT2D eigenvalue weighted by molar-refractivity contribution is 6.01. The fraction of sp³-hybridized carbons (Fsp3) is 0.387. The molecule has 4 N–H and O–H groups in total. The van der Waals surface area contributed by atoms with Crippen LogP contribution in [-0.4, -0.2) is 82.2 Å². The summed E-state index contributed by atoms with van der Waals surface area (Å²) in [6, 6.07) is 10.8. The van der Waals surface area contributed by atoms with Gasteiger partial charge in [-0.05, 0) is 55.7 Å². The second kappa shape index (κ2) is 13.9. The topological polar surface area (TPSA) is 155 Å². The van der Waals surface area contributed by atoms with Crippen molar-refractivity contribution < 1.29 is 29.0 Å². The first kappa shape index (κ1) is 31.1. The van der Waals surface area contributed by atoms with E-state index in [4.69, 9.17) is 4.74 Å². The number of ether oxygens (including phenoxy) is 1. The van der Waals surface area contributed by atoms with Gasteiger partial charge >= 0.3 is 0 Å². The van der Waals surface area contributed by atoms with Gasteiger partial charge in [-0.15, -0.1) is 0 Å². The monoisotopic (exact) mass is 590 g/mol. The molecule has 228 valence electrons. The van der Waals surface area contributed by atoms with Gasteiger partial charge in [0, 0.05) is 32.8 Å². The zero-order chi connectivity index (χ0) is 31.1. The number of hydrogen-bond donors (Lipinski definition) is 4. The number of benzene rings is 2. The molecule has 4 rings (SSSR count). The van der Waals surface area contributed by atoms with E-state index in [1.54, 1.807) is 48.1 Å². The van der Waals surface area contributed by atoms with Crippen molar-refractivity contribution >= 4 is 23.6 Å². The van der Waals surface area contributed by atoms with Gasteiger partial charge in [-0.1, -0.05) is 24.3 Å². The average molecular weight is 591 g/mol. The van der Waals surface area contributed by atoms with Gasteiger partial charge in [0.15, 0.2) is 0 Å². The van der Waals surface area contributed by atoms with E-state index in [0.29, 0.717) is 12.2 Å². The molecular weight excluding hydrogens is 552 g/mol. The summed E-state index contributed by atoms with van der Waals surface area (Å²) in [7, 11) is 3.46. The third-order valence-corrected chi connectivity index (χ3v) is 7.55. The Hall–Kier alpha value is -4.87. The fourth-order valence-corrected chi connectivity index (χ4v) is 5.01. The van der Waals surface area contributed by atoms with Crippen LogP contribution in [0.5, 0.6) is 11.5 Å². The molecule has 0 unspecified atom stereocenters.